The number of carbonyl (C=O) groups is 1. The van der Waals surface area contributed by atoms with Crippen LogP contribution in [0.5, 0.6) is 5.75 Å². The first kappa shape index (κ1) is 14.1. The van der Waals surface area contributed by atoms with Crippen LogP contribution in [0.3, 0.4) is 0 Å². The van der Waals surface area contributed by atoms with Gasteiger partial charge in [0.25, 0.3) is 0 Å². The van der Waals surface area contributed by atoms with E-state index < -0.39 is 6.09 Å². The summed E-state index contributed by atoms with van der Waals surface area (Å²) in [6.45, 7) is 2.07. The SMILES string of the molecule is Cc1ccc(C2C=CN(C(=O)Oc3ccccc3)C=C2)cc1. The van der Waals surface area contributed by atoms with Crippen molar-refractivity contribution in [2.45, 2.75) is 12.8 Å². The number of nitrogens with zero attached hydrogens (tertiary/aromatic N) is 1. The Morgan fingerprint density at radius 3 is 2.23 bits per heavy atom. The van der Waals surface area contributed by atoms with Crippen molar-refractivity contribution in [2.75, 3.05) is 0 Å². The first-order chi connectivity index (χ1) is 10.7. The Morgan fingerprint density at radius 1 is 0.955 bits per heavy atom. The minimum atomic E-state index is -0.416. The fraction of sp³-hybridized carbons (Fsp3) is 0.105. The molecule has 110 valence electrons. The predicted octanol–water partition coefficient (Wildman–Crippen LogP) is 4.62. The van der Waals surface area contributed by atoms with Gasteiger partial charge in [0.2, 0.25) is 0 Å². The Balaban J connectivity index is 1.65. The molecule has 1 aliphatic rings. The Morgan fingerprint density at radius 2 is 1.59 bits per heavy atom. The first-order valence-electron chi connectivity index (χ1n) is 7.21. The highest BCUT2D eigenvalue weighted by atomic mass is 16.6. The average Bonchev–Trinajstić information content (AvgIpc) is 2.57. The molecule has 0 aromatic heterocycles. The summed E-state index contributed by atoms with van der Waals surface area (Å²) in [6.07, 6.45) is 7.04. The lowest BCUT2D eigenvalue weighted by atomic mass is 9.97. The minimum Gasteiger partial charge on any atom is -0.410 e. The molecule has 0 atom stereocenters. The van der Waals surface area contributed by atoms with Crippen LogP contribution >= 0.6 is 0 Å². The molecule has 0 spiro atoms. The van der Waals surface area contributed by atoms with Crippen LogP contribution in [-0.2, 0) is 0 Å². The van der Waals surface area contributed by atoms with Gasteiger partial charge in [0.1, 0.15) is 5.75 Å². The smallest absolute Gasteiger partial charge is 0.410 e. The second-order valence-electron chi connectivity index (χ2n) is 5.21. The molecule has 3 nitrogen and oxygen atoms in total. The summed E-state index contributed by atoms with van der Waals surface area (Å²) >= 11 is 0. The van der Waals surface area contributed by atoms with Gasteiger partial charge in [0.05, 0.1) is 0 Å². The zero-order valence-corrected chi connectivity index (χ0v) is 12.3. The maximum absolute atomic E-state index is 12.1. The van der Waals surface area contributed by atoms with E-state index in [1.165, 1.54) is 16.0 Å². The van der Waals surface area contributed by atoms with Crippen molar-refractivity contribution in [3.05, 3.63) is 90.3 Å². The molecule has 1 heterocycles. The zero-order chi connectivity index (χ0) is 15.4. The number of hydrogen-bond donors (Lipinski definition) is 0. The number of hydrogen-bond acceptors (Lipinski definition) is 2. The van der Waals surface area contributed by atoms with Crippen molar-refractivity contribution in [1.29, 1.82) is 0 Å². The van der Waals surface area contributed by atoms with Gasteiger partial charge < -0.3 is 4.74 Å². The maximum atomic E-state index is 12.1. The molecule has 0 saturated heterocycles. The highest BCUT2D eigenvalue weighted by Crippen LogP contribution is 2.23. The fourth-order valence-corrected chi connectivity index (χ4v) is 2.26. The van der Waals surface area contributed by atoms with Crippen LogP contribution in [0, 0.1) is 6.92 Å². The van der Waals surface area contributed by atoms with Crippen LogP contribution in [0.1, 0.15) is 17.0 Å². The molecule has 3 heteroatoms. The van der Waals surface area contributed by atoms with Crippen molar-refractivity contribution in [2.24, 2.45) is 0 Å². The van der Waals surface area contributed by atoms with E-state index in [2.05, 4.69) is 31.2 Å². The Kier molecular flexibility index (Phi) is 4.05. The van der Waals surface area contributed by atoms with Crippen LogP contribution in [0.2, 0.25) is 0 Å². The van der Waals surface area contributed by atoms with Crippen LogP contribution in [-0.4, -0.2) is 11.0 Å². The summed E-state index contributed by atoms with van der Waals surface area (Å²) in [7, 11) is 0. The van der Waals surface area contributed by atoms with Crippen LogP contribution in [0.4, 0.5) is 4.79 Å². The van der Waals surface area contributed by atoms with E-state index in [1.807, 2.05) is 30.4 Å². The highest BCUT2D eigenvalue weighted by molar-refractivity contribution is 5.73. The third-order valence-corrected chi connectivity index (χ3v) is 3.53. The van der Waals surface area contributed by atoms with Crippen molar-refractivity contribution in [3.8, 4) is 5.75 Å². The van der Waals surface area contributed by atoms with Crippen molar-refractivity contribution < 1.29 is 9.53 Å². The molecule has 0 N–H and O–H groups in total. The lowest BCUT2D eigenvalue weighted by molar-refractivity contribution is 0.181. The summed E-state index contributed by atoms with van der Waals surface area (Å²) in [5.41, 5.74) is 2.44. The first-order valence-corrected chi connectivity index (χ1v) is 7.21. The summed E-state index contributed by atoms with van der Waals surface area (Å²) in [5.74, 6) is 0.719. The third-order valence-electron chi connectivity index (χ3n) is 3.53. The normalized spacial score (nSPS) is 14.1. The van der Waals surface area contributed by atoms with Gasteiger partial charge in [-0.25, -0.2) is 4.79 Å². The van der Waals surface area contributed by atoms with Gasteiger partial charge in [0, 0.05) is 18.3 Å². The van der Waals surface area contributed by atoms with Gasteiger partial charge in [-0.05, 0) is 24.6 Å². The molecule has 22 heavy (non-hydrogen) atoms. The standard InChI is InChI=1S/C19H17NO2/c1-15-7-9-16(10-8-15)17-11-13-20(14-12-17)19(21)22-18-5-3-2-4-6-18/h2-14,17H,1H3. The molecule has 2 aromatic carbocycles. The molecule has 0 fully saturated rings. The maximum Gasteiger partial charge on any atom is 0.423 e. The van der Waals surface area contributed by atoms with E-state index >= 15 is 0 Å². The number of rotatable bonds is 2. The van der Waals surface area contributed by atoms with E-state index in [0.717, 1.165) is 0 Å². The number of amides is 1. The number of para-hydroxylation sites is 1. The lowest BCUT2D eigenvalue weighted by Crippen LogP contribution is -2.25. The average molecular weight is 291 g/mol. The molecular formula is C19H17NO2. The molecule has 0 unspecified atom stereocenters. The summed E-state index contributed by atoms with van der Waals surface area (Å²) in [5, 5.41) is 0. The molecule has 1 amide bonds. The molecule has 1 aliphatic heterocycles. The fourth-order valence-electron chi connectivity index (χ4n) is 2.26. The molecule has 0 saturated carbocycles. The van der Waals surface area contributed by atoms with Crippen molar-refractivity contribution in [3.63, 3.8) is 0 Å². The number of allylic oxidation sites excluding steroid dienone is 2. The van der Waals surface area contributed by atoms with E-state index in [1.54, 1.807) is 24.5 Å². The minimum absolute atomic E-state index is 0.182. The van der Waals surface area contributed by atoms with E-state index in [0.29, 0.717) is 5.75 Å². The second-order valence-corrected chi connectivity index (χ2v) is 5.21. The van der Waals surface area contributed by atoms with Crippen LogP contribution in [0.15, 0.2) is 79.1 Å². The molecule has 0 bridgehead atoms. The molecular weight excluding hydrogens is 274 g/mol. The van der Waals surface area contributed by atoms with Gasteiger partial charge in [-0.1, -0.05) is 60.2 Å². The predicted molar refractivity (Wildman–Crippen MR) is 86.5 cm³/mol. The number of benzene rings is 2. The highest BCUT2D eigenvalue weighted by Gasteiger charge is 2.16. The van der Waals surface area contributed by atoms with E-state index in [9.17, 15) is 4.79 Å². The third kappa shape index (κ3) is 3.26. The summed E-state index contributed by atoms with van der Waals surface area (Å²) in [6, 6.07) is 17.4. The Labute approximate surface area is 130 Å². The molecule has 3 rings (SSSR count). The van der Waals surface area contributed by atoms with Crippen molar-refractivity contribution in [1.82, 2.24) is 4.90 Å². The summed E-state index contributed by atoms with van der Waals surface area (Å²) < 4.78 is 5.30. The second kappa shape index (κ2) is 6.31. The Hall–Kier alpha value is -2.81. The number of carbonyl (C=O) groups excluding carboxylic acids is 1. The largest absolute Gasteiger partial charge is 0.423 e. The Bertz CT molecular complexity index is 688. The van der Waals surface area contributed by atoms with Gasteiger partial charge in [0.15, 0.2) is 0 Å². The number of ether oxygens (including phenoxy) is 1. The lowest BCUT2D eigenvalue weighted by Gasteiger charge is -2.20. The van der Waals surface area contributed by atoms with Gasteiger partial charge in [-0.15, -0.1) is 0 Å². The van der Waals surface area contributed by atoms with E-state index in [-0.39, 0.29) is 5.92 Å². The monoisotopic (exact) mass is 291 g/mol. The van der Waals surface area contributed by atoms with Gasteiger partial charge >= 0.3 is 6.09 Å². The quantitative estimate of drug-likeness (QED) is 0.808. The molecule has 0 aliphatic carbocycles. The molecule has 0 radical (unpaired) electrons. The topological polar surface area (TPSA) is 29.5 Å². The van der Waals surface area contributed by atoms with Gasteiger partial charge in [-0.2, -0.15) is 0 Å². The molecule has 2 aromatic rings. The number of aryl methyl sites for hydroxylation is 1. The summed E-state index contributed by atoms with van der Waals surface area (Å²) in [4.78, 5) is 13.5. The zero-order valence-electron chi connectivity index (χ0n) is 12.3. The van der Waals surface area contributed by atoms with Crippen molar-refractivity contribution >= 4 is 6.09 Å². The van der Waals surface area contributed by atoms with Crippen LogP contribution in [0.25, 0.3) is 0 Å². The van der Waals surface area contributed by atoms with Gasteiger partial charge in [-0.3, -0.25) is 4.90 Å². The van der Waals surface area contributed by atoms with Crippen LogP contribution < -0.4 is 4.74 Å². The van der Waals surface area contributed by atoms with E-state index in [4.69, 9.17) is 4.74 Å².